The molecule has 0 atom stereocenters. The van der Waals surface area contributed by atoms with Gasteiger partial charge in [0.1, 0.15) is 4.90 Å². The highest BCUT2D eigenvalue weighted by Gasteiger charge is 2.32. The number of sulfonamides is 1. The number of carbonyl (C=O) groups excluding carboxylic acids is 1. The van der Waals surface area contributed by atoms with E-state index in [2.05, 4.69) is 39.6 Å². The van der Waals surface area contributed by atoms with Crippen LogP contribution in [0.1, 0.15) is 12.8 Å². The standard InChI is InChI=1S/C24H22N4O3S2/c29-23(18-9-12-28(13-10-18)33(30,31)21-6-3-11-25-15-21)27-24-26-22(16-32-24)20-8-7-17-4-1-2-5-19(17)14-20/h1-8,11,14-16,18H,9-10,12-13H2,(H,26,27,29). The van der Waals surface area contributed by atoms with Crippen molar-refractivity contribution >= 4 is 43.2 Å². The first-order chi connectivity index (χ1) is 16.0. The number of benzene rings is 2. The largest absolute Gasteiger partial charge is 0.302 e. The molecule has 2 aromatic carbocycles. The summed E-state index contributed by atoms with van der Waals surface area (Å²) in [4.78, 5) is 21.5. The third-order valence-corrected chi connectivity index (χ3v) is 8.52. The van der Waals surface area contributed by atoms with Gasteiger partial charge in [0.2, 0.25) is 15.9 Å². The van der Waals surface area contributed by atoms with Crippen LogP contribution >= 0.6 is 11.3 Å². The molecule has 7 nitrogen and oxygen atoms in total. The Hall–Kier alpha value is -3.14. The number of hydrogen-bond acceptors (Lipinski definition) is 6. The number of nitrogens with zero attached hydrogens (tertiary/aromatic N) is 3. The van der Waals surface area contributed by atoms with Crippen molar-refractivity contribution in [3.05, 3.63) is 72.4 Å². The Balaban J connectivity index is 1.22. The topological polar surface area (TPSA) is 92.3 Å². The second kappa shape index (κ2) is 9.01. The van der Waals surface area contributed by atoms with Gasteiger partial charge in [0, 0.05) is 42.3 Å². The minimum atomic E-state index is -3.58. The van der Waals surface area contributed by atoms with E-state index < -0.39 is 10.0 Å². The summed E-state index contributed by atoms with van der Waals surface area (Å²) >= 11 is 1.39. The minimum absolute atomic E-state index is 0.118. The van der Waals surface area contributed by atoms with Crippen molar-refractivity contribution < 1.29 is 13.2 Å². The lowest BCUT2D eigenvalue weighted by Gasteiger charge is -2.30. The molecule has 33 heavy (non-hydrogen) atoms. The van der Waals surface area contributed by atoms with E-state index in [0.717, 1.165) is 16.6 Å². The van der Waals surface area contributed by atoms with Crippen molar-refractivity contribution in [2.75, 3.05) is 18.4 Å². The first-order valence-electron chi connectivity index (χ1n) is 10.7. The molecule has 0 unspecified atom stereocenters. The summed E-state index contributed by atoms with van der Waals surface area (Å²) in [5.41, 5.74) is 1.82. The molecule has 0 saturated carbocycles. The zero-order valence-corrected chi connectivity index (χ0v) is 19.3. The van der Waals surface area contributed by atoms with E-state index in [9.17, 15) is 13.2 Å². The second-order valence-electron chi connectivity index (χ2n) is 7.96. The number of carbonyl (C=O) groups is 1. The first kappa shape index (κ1) is 21.7. The Morgan fingerprint density at radius 3 is 2.58 bits per heavy atom. The highest BCUT2D eigenvalue weighted by atomic mass is 32.2. The SMILES string of the molecule is O=C(Nc1nc(-c2ccc3ccccc3c2)cs1)C1CCN(S(=O)(=O)c2cccnc2)CC1. The number of hydrogen-bond donors (Lipinski definition) is 1. The van der Waals surface area contributed by atoms with Gasteiger partial charge in [-0.3, -0.25) is 9.78 Å². The summed E-state index contributed by atoms with van der Waals surface area (Å²) in [6, 6.07) is 17.5. The van der Waals surface area contributed by atoms with Crippen molar-refractivity contribution in [3.63, 3.8) is 0 Å². The van der Waals surface area contributed by atoms with Gasteiger partial charge in [-0.2, -0.15) is 4.31 Å². The first-order valence-corrected chi connectivity index (χ1v) is 13.0. The van der Waals surface area contributed by atoms with Crippen LogP contribution in [0.25, 0.3) is 22.0 Å². The molecule has 0 bridgehead atoms. The summed E-state index contributed by atoms with van der Waals surface area (Å²) < 4.78 is 26.9. The molecule has 0 spiro atoms. The molecule has 1 saturated heterocycles. The van der Waals surface area contributed by atoms with E-state index >= 15 is 0 Å². The Morgan fingerprint density at radius 1 is 1.03 bits per heavy atom. The molecule has 1 amide bonds. The predicted molar refractivity (Wildman–Crippen MR) is 129 cm³/mol. The van der Waals surface area contributed by atoms with Crippen LogP contribution < -0.4 is 5.32 Å². The number of anilines is 1. The smallest absolute Gasteiger partial charge is 0.244 e. The van der Waals surface area contributed by atoms with Gasteiger partial charge in [0.15, 0.2) is 5.13 Å². The van der Waals surface area contributed by atoms with Crippen LogP contribution in [0, 0.1) is 5.92 Å². The number of fused-ring (bicyclic) bond motifs is 1. The van der Waals surface area contributed by atoms with Gasteiger partial charge in [0.25, 0.3) is 0 Å². The van der Waals surface area contributed by atoms with Crippen LogP contribution in [0.5, 0.6) is 0 Å². The Bertz CT molecular complexity index is 1400. The lowest BCUT2D eigenvalue weighted by molar-refractivity contribution is -0.120. The summed E-state index contributed by atoms with van der Waals surface area (Å²) in [5, 5.41) is 7.71. The van der Waals surface area contributed by atoms with Crippen molar-refractivity contribution in [2.24, 2.45) is 5.92 Å². The fourth-order valence-corrected chi connectivity index (χ4v) is 6.18. The van der Waals surface area contributed by atoms with E-state index in [1.807, 2.05) is 23.6 Å². The van der Waals surface area contributed by atoms with Gasteiger partial charge >= 0.3 is 0 Å². The Labute approximate surface area is 196 Å². The third kappa shape index (κ3) is 4.52. The van der Waals surface area contributed by atoms with E-state index in [4.69, 9.17) is 0 Å². The zero-order chi connectivity index (χ0) is 22.8. The highest BCUT2D eigenvalue weighted by molar-refractivity contribution is 7.89. The molecule has 0 radical (unpaired) electrons. The molecule has 4 aromatic rings. The monoisotopic (exact) mass is 478 g/mol. The van der Waals surface area contributed by atoms with Gasteiger partial charge in [-0.25, -0.2) is 13.4 Å². The normalized spacial score (nSPS) is 15.5. The molecule has 5 rings (SSSR count). The molecule has 1 fully saturated rings. The lowest BCUT2D eigenvalue weighted by atomic mass is 9.97. The van der Waals surface area contributed by atoms with Crippen molar-refractivity contribution in [3.8, 4) is 11.3 Å². The second-order valence-corrected chi connectivity index (χ2v) is 10.8. The Kier molecular flexibility index (Phi) is 5.92. The fraction of sp³-hybridized carbons (Fsp3) is 0.208. The van der Waals surface area contributed by atoms with Crippen molar-refractivity contribution in [1.82, 2.24) is 14.3 Å². The number of aromatic nitrogens is 2. The number of piperidine rings is 1. The summed E-state index contributed by atoms with van der Waals surface area (Å²) in [6.45, 7) is 0.602. The fourth-order valence-electron chi connectivity index (χ4n) is 4.03. The number of rotatable bonds is 5. The van der Waals surface area contributed by atoms with Crippen molar-refractivity contribution in [1.29, 1.82) is 0 Å². The average Bonchev–Trinajstić information content (AvgIpc) is 3.33. The van der Waals surface area contributed by atoms with E-state index in [-0.39, 0.29) is 16.7 Å². The summed E-state index contributed by atoms with van der Waals surface area (Å²) in [5.74, 6) is -0.369. The molecular formula is C24H22N4O3S2. The molecule has 1 aliphatic rings. The lowest BCUT2D eigenvalue weighted by Crippen LogP contribution is -2.41. The van der Waals surface area contributed by atoms with Gasteiger partial charge in [-0.05, 0) is 41.8 Å². The number of thiazole rings is 1. The van der Waals surface area contributed by atoms with Gasteiger partial charge in [-0.15, -0.1) is 11.3 Å². The van der Waals surface area contributed by atoms with Gasteiger partial charge < -0.3 is 5.32 Å². The quantitative estimate of drug-likeness (QED) is 0.459. The van der Waals surface area contributed by atoms with Crippen LogP contribution in [0.4, 0.5) is 5.13 Å². The maximum atomic E-state index is 12.8. The molecule has 1 aliphatic heterocycles. The maximum Gasteiger partial charge on any atom is 0.244 e. The predicted octanol–water partition coefficient (Wildman–Crippen LogP) is 4.40. The molecule has 0 aliphatic carbocycles. The third-order valence-electron chi connectivity index (χ3n) is 5.88. The number of nitrogens with one attached hydrogen (secondary N) is 1. The highest BCUT2D eigenvalue weighted by Crippen LogP contribution is 2.29. The summed E-state index contributed by atoms with van der Waals surface area (Å²) in [6.07, 6.45) is 3.83. The van der Waals surface area contributed by atoms with Crippen LogP contribution in [0.15, 0.2) is 77.3 Å². The van der Waals surface area contributed by atoms with Crippen LogP contribution in [-0.2, 0) is 14.8 Å². The molecular weight excluding hydrogens is 456 g/mol. The van der Waals surface area contributed by atoms with Crippen molar-refractivity contribution in [2.45, 2.75) is 17.7 Å². The van der Waals surface area contributed by atoms with E-state index in [1.54, 1.807) is 12.3 Å². The van der Waals surface area contributed by atoms with Gasteiger partial charge in [-0.1, -0.05) is 36.4 Å². The Morgan fingerprint density at radius 2 is 1.82 bits per heavy atom. The van der Waals surface area contributed by atoms with Crippen LogP contribution in [0.3, 0.4) is 0 Å². The molecule has 168 valence electrons. The maximum absolute atomic E-state index is 12.8. The molecule has 1 N–H and O–H groups in total. The zero-order valence-electron chi connectivity index (χ0n) is 17.7. The summed E-state index contributed by atoms with van der Waals surface area (Å²) in [7, 11) is -3.58. The average molecular weight is 479 g/mol. The van der Waals surface area contributed by atoms with E-state index in [1.165, 1.54) is 33.3 Å². The molecule has 2 aromatic heterocycles. The number of amides is 1. The number of pyridine rings is 1. The molecule has 3 heterocycles. The minimum Gasteiger partial charge on any atom is -0.302 e. The van der Waals surface area contributed by atoms with Crippen LogP contribution in [-0.4, -0.2) is 41.7 Å². The van der Waals surface area contributed by atoms with Crippen LogP contribution in [0.2, 0.25) is 0 Å². The van der Waals surface area contributed by atoms with Gasteiger partial charge in [0.05, 0.1) is 5.69 Å². The van der Waals surface area contributed by atoms with E-state index in [0.29, 0.717) is 31.1 Å². The molecule has 9 heteroatoms.